The van der Waals surface area contributed by atoms with Crippen LogP contribution >= 0.6 is 0 Å². The van der Waals surface area contributed by atoms with Gasteiger partial charge in [-0.05, 0) is 19.1 Å². The summed E-state index contributed by atoms with van der Waals surface area (Å²) in [5.74, 6) is 0.342. The van der Waals surface area contributed by atoms with Crippen molar-refractivity contribution < 1.29 is 4.79 Å². The number of nitrogens with zero attached hydrogens (tertiary/aromatic N) is 4. The fraction of sp³-hybridized carbons (Fsp3) is 0.273. The number of hydrogen-bond acceptors (Lipinski definition) is 5. The van der Waals surface area contributed by atoms with E-state index in [1.807, 2.05) is 20.2 Å². The van der Waals surface area contributed by atoms with Gasteiger partial charge in [0.05, 0.1) is 11.9 Å². The van der Waals surface area contributed by atoms with Crippen molar-refractivity contribution in [1.29, 1.82) is 0 Å². The summed E-state index contributed by atoms with van der Waals surface area (Å²) in [6, 6.07) is 3.32. The highest BCUT2D eigenvalue weighted by Gasteiger charge is 2.06. The lowest BCUT2D eigenvalue weighted by molar-refractivity contribution is 0.0950. The number of nitrogens with one attached hydrogen (secondary N) is 2. The van der Waals surface area contributed by atoms with Crippen LogP contribution in [0.2, 0.25) is 0 Å². The molecule has 2 aromatic heterocycles. The number of hydrogen-bond donors (Lipinski definition) is 2. The molecule has 2 N–H and O–H groups in total. The van der Waals surface area contributed by atoms with E-state index in [1.54, 1.807) is 23.0 Å². The van der Waals surface area contributed by atoms with Gasteiger partial charge in [0.2, 0.25) is 0 Å². The van der Waals surface area contributed by atoms with E-state index in [2.05, 4.69) is 25.9 Å². The number of aromatic nitrogens is 4. The topological polar surface area (TPSA) is 84.7 Å². The Bertz CT molecular complexity index is 533. The van der Waals surface area contributed by atoms with Crippen LogP contribution < -0.4 is 10.6 Å². The van der Waals surface area contributed by atoms with Crippen LogP contribution in [0.3, 0.4) is 0 Å². The number of aryl methyl sites for hydroxylation is 1. The Labute approximate surface area is 104 Å². The molecular formula is C11H14N6O. The Morgan fingerprint density at radius 3 is 2.78 bits per heavy atom. The number of amides is 1. The Morgan fingerprint density at radius 1 is 1.39 bits per heavy atom. The molecule has 0 aromatic carbocycles. The minimum Gasteiger partial charge on any atom is -0.351 e. The molecule has 7 heteroatoms. The molecule has 2 aromatic rings. The summed E-state index contributed by atoms with van der Waals surface area (Å²) in [6.45, 7) is 2.42. The molecule has 2 rings (SSSR count). The first kappa shape index (κ1) is 12.0. The van der Waals surface area contributed by atoms with Gasteiger partial charge in [0, 0.05) is 19.8 Å². The normalized spacial score (nSPS) is 10.1. The Morgan fingerprint density at radius 2 is 2.22 bits per heavy atom. The van der Waals surface area contributed by atoms with E-state index in [1.165, 1.54) is 0 Å². The molecular weight excluding hydrogens is 232 g/mol. The summed E-state index contributed by atoms with van der Waals surface area (Å²) < 4.78 is 1.68. The molecule has 7 nitrogen and oxygen atoms in total. The molecule has 0 saturated carbocycles. The second-order valence-corrected chi connectivity index (χ2v) is 3.69. The highest BCUT2D eigenvalue weighted by molar-refractivity contribution is 5.92. The number of carbonyl (C=O) groups excluding carboxylic acids is 1. The molecule has 0 bridgehead atoms. The van der Waals surface area contributed by atoms with Crippen LogP contribution in [-0.2, 0) is 7.05 Å². The summed E-state index contributed by atoms with van der Waals surface area (Å²) in [4.78, 5) is 11.5. The lowest BCUT2D eigenvalue weighted by atomic mass is 10.3. The van der Waals surface area contributed by atoms with Crippen molar-refractivity contribution in [2.24, 2.45) is 7.05 Å². The van der Waals surface area contributed by atoms with E-state index in [9.17, 15) is 4.79 Å². The first-order valence-corrected chi connectivity index (χ1v) is 5.56. The molecule has 0 saturated heterocycles. The van der Waals surface area contributed by atoms with Crippen molar-refractivity contribution in [3.63, 3.8) is 0 Å². The molecule has 1 amide bonds. The zero-order valence-electron chi connectivity index (χ0n) is 10.2. The van der Waals surface area contributed by atoms with Crippen molar-refractivity contribution in [1.82, 2.24) is 25.3 Å². The molecule has 0 spiro atoms. The van der Waals surface area contributed by atoms with E-state index in [0.29, 0.717) is 18.1 Å². The van der Waals surface area contributed by atoms with Gasteiger partial charge in [0.1, 0.15) is 0 Å². The fourth-order valence-corrected chi connectivity index (χ4v) is 1.40. The molecule has 0 radical (unpaired) electrons. The van der Waals surface area contributed by atoms with Crippen molar-refractivity contribution >= 4 is 17.4 Å². The lowest BCUT2D eigenvalue weighted by Crippen LogP contribution is -2.24. The summed E-state index contributed by atoms with van der Waals surface area (Å²) >= 11 is 0. The van der Waals surface area contributed by atoms with Gasteiger partial charge in [0.25, 0.3) is 5.91 Å². The summed E-state index contributed by atoms with van der Waals surface area (Å²) in [6.07, 6.45) is 3.50. The van der Waals surface area contributed by atoms with E-state index >= 15 is 0 Å². The van der Waals surface area contributed by atoms with Gasteiger partial charge >= 0.3 is 0 Å². The molecule has 0 unspecified atom stereocenters. The molecule has 94 valence electrons. The molecule has 0 fully saturated rings. The van der Waals surface area contributed by atoms with E-state index < -0.39 is 0 Å². The van der Waals surface area contributed by atoms with Gasteiger partial charge in [-0.3, -0.25) is 9.48 Å². The third-order valence-corrected chi connectivity index (χ3v) is 2.21. The van der Waals surface area contributed by atoms with Crippen LogP contribution in [0.15, 0.2) is 24.5 Å². The largest absolute Gasteiger partial charge is 0.351 e. The Hall–Kier alpha value is -2.44. The van der Waals surface area contributed by atoms with Crippen LogP contribution in [0.4, 0.5) is 11.5 Å². The molecule has 0 aliphatic rings. The van der Waals surface area contributed by atoms with E-state index in [4.69, 9.17) is 0 Å². The highest BCUT2D eigenvalue weighted by atomic mass is 16.1. The number of carbonyl (C=O) groups is 1. The molecule has 0 aliphatic heterocycles. The smallest absolute Gasteiger partial charge is 0.271 e. The minimum absolute atomic E-state index is 0.224. The minimum atomic E-state index is -0.224. The van der Waals surface area contributed by atoms with Crippen LogP contribution in [-0.4, -0.2) is 32.4 Å². The number of rotatable bonds is 4. The van der Waals surface area contributed by atoms with Crippen molar-refractivity contribution in [3.05, 3.63) is 30.2 Å². The fourth-order valence-electron chi connectivity index (χ4n) is 1.40. The zero-order valence-corrected chi connectivity index (χ0v) is 10.2. The molecule has 18 heavy (non-hydrogen) atoms. The first-order valence-electron chi connectivity index (χ1n) is 5.56. The summed E-state index contributed by atoms with van der Waals surface area (Å²) in [7, 11) is 1.83. The third-order valence-electron chi connectivity index (χ3n) is 2.21. The van der Waals surface area contributed by atoms with Gasteiger partial charge in [-0.15, -0.1) is 10.2 Å². The average Bonchev–Trinajstić information content (AvgIpc) is 2.76. The quantitative estimate of drug-likeness (QED) is 0.829. The van der Waals surface area contributed by atoms with E-state index in [-0.39, 0.29) is 5.91 Å². The second kappa shape index (κ2) is 5.26. The maximum Gasteiger partial charge on any atom is 0.271 e. The predicted molar refractivity (Wildman–Crippen MR) is 66.5 cm³/mol. The van der Waals surface area contributed by atoms with E-state index in [0.717, 1.165) is 5.69 Å². The summed E-state index contributed by atoms with van der Waals surface area (Å²) in [5, 5.41) is 17.5. The number of anilines is 2. The van der Waals surface area contributed by atoms with Gasteiger partial charge in [0.15, 0.2) is 11.5 Å². The zero-order chi connectivity index (χ0) is 13.0. The summed E-state index contributed by atoms with van der Waals surface area (Å²) in [5.41, 5.74) is 1.12. The highest BCUT2D eigenvalue weighted by Crippen LogP contribution is 2.11. The third kappa shape index (κ3) is 2.82. The first-order chi connectivity index (χ1) is 8.69. The molecule has 2 heterocycles. The van der Waals surface area contributed by atoms with Crippen molar-refractivity contribution in [2.45, 2.75) is 6.92 Å². The van der Waals surface area contributed by atoms with Gasteiger partial charge in [-0.1, -0.05) is 0 Å². The predicted octanol–water partition coefficient (Wildman–Crippen LogP) is 0.703. The van der Waals surface area contributed by atoms with Crippen molar-refractivity contribution in [3.8, 4) is 0 Å². The van der Waals surface area contributed by atoms with Crippen LogP contribution in [0.1, 0.15) is 17.4 Å². The van der Waals surface area contributed by atoms with Gasteiger partial charge < -0.3 is 10.6 Å². The van der Waals surface area contributed by atoms with Crippen molar-refractivity contribution in [2.75, 3.05) is 11.9 Å². The van der Waals surface area contributed by atoms with Crippen LogP contribution in [0.5, 0.6) is 0 Å². The van der Waals surface area contributed by atoms with Gasteiger partial charge in [-0.25, -0.2) is 0 Å². The lowest BCUT2D eigenvalue weighted by Gasteiger charge is -2.03. The molecule has 0 aliphatic carbocycles. The van der Waals surface area contributed by atoms with Gasteiger partial charge in [-0.2, -0.15) is 5.10 Å². The van der Waals surface area contributed by atoms with Crippen LogP contribution in [0.25, 0.3) is 0 Å². The Balaban J connectivity index is 2.05. The Kier molecular flexibility index (Phi) is 3.52. The van der Waals surface area contributed by atoms with Crippen LogP contribution in [0, 0.1) is 0 Å². The maximum absolute atomic E-state index is 11.5. The average molecular weight is 246 g/mol. The molecule has 0 atom stereocenters. The second-order valence-electron chi connectivity index (χ2n) is 3.69. The standard InChI is InChI=1S/C11H14N6O/c1-3-12-11(18)9-4-5-10(16-15-9)14-8-6-13-17(2)7-8/h4-7H,3H2,1-2H3,(H,12,18)(H,14,16). The maximum atomic E-state index is 11.5. The monoisotopic (exact) mass is 246 g/mol. The SMILES string of the molecule is CCNC(=O)c1ccc(Nc2cnn(C)c2)nn1.